The molecule has 0 aliphatic carbocycles. The monoisotopic (exact) mass is 497 g/mol. The summed E-state index contributed by atoms with van der Waals surface area (Å²) < 4.78 is 18.9. The Balaban J connectivity index is 0.000000301. The normalized spacial score (nSPS) is 14.9. The molecule has 1 saturated heterocycles. The van der Waals surface area contributed by atoms with Gasteiger partial charge in [0.1, 0.15) is 24.5 Å². The molecule has 2 aliphatic heterocycles. The summed E-state index contributed by atoms with van der Waals surface area (Å²) in [5.74, 6) is 1.81. The van der Waals surface area contributed by atoms with Crippen molar-refractivity contribution in [2.24, 2.45) is 0 Å². The fraction of sp³-hybridized carbons (Fsp3) is 0.345. The molecule has 0 N–H and O–H groups in total. The number of nitriles is 1. The van der Waals surface area contributed by atoms with Crippen molar-refractivity contribution >= 4 is 5.52 Å². The maximum atomic E-state index is 9.12. The third-order valence-electron chi connectivity index (χ3n) is 6.77. The van der Waals surface area contributed by atoms with Crippen LogP contribution >= 0.6 is 0 Å². The lowest BCUT2D eigenvalue weighted by molar-refractivity contribution is 0.164. The van der Waals surface area contributed by atoms with Gasteiger partial charge in [0.25, 0.3) is 5.88 Å². The fourth-order valence-corrected chi connectivity index (χ4v) is 4.80. The molecule has 0 radical (unpaired) electrons. The minimum atomic E-state index is 0.490. The highest BCUT2D eigenvalue weighted by molar-refractivity contribution is 5.86. The van der Waals surface area contributed by atoms with Crippen molar-refractivity contribution in [1.82, 2.24) is 19.3 Å². The predicted molar refractivity (Wildman–Crippen MR) is 142 cm³/mol. The number of rotatable bonds is 4. The van der Waals surface area contributed by atoms with Gasteiger partial charge in [0.05, 0.1) is 37.0 Å². The molecule has 0 amide bonds. The van der Waals surface area contributed by atoms with Gasteiger partial charge < -0.3 is 19.1 Å². The highest BCUT2D eigenvalue weighted by atomic mass is 16.6. The number of fused-ring (bicyclic) bond motifs is 2. The second-order valence-corrected chi connectivity index (χ2v) is 9.03. The molecule has 37 heavy (non-hydrogen) atoms. The Morgan fingerprint density at radius 2 is 1.78 bits per heavy atom. The lowest BCUT2D eigenvalue weighted by atomic mass is 9.98. The Morgan fingerprint density at radius 3 is 2.49 bits per heavy atom. The third-order valence-corrected chi connectivity index (χ3v) is 6.77. The molecule has 3 aromatic heterocycles. The maximum Gasteiger partial charge on any atom is 0.257 e. The first-order chi connectivity index (χ1) is 18.2. The summed E-state index contributed by atoms with van der Waals surface area (Å²) in [5.41, 5.74) is 5.08. The summed E-state index contributed by atoms with van der Waals surface area (Å²) in [4.78, 5) is 11.3. The summed E-state index contributed by atoms with van der Waals surface area (Å²) in [6, 6.07) is 13.5. The van der Waals surface area contributed by atoms with Crippen LogP contribution in [0.3, 0.4) is 0 Å². The quantitative estimate of drug-likeness (QED) is 0.383. The number of aromatic nitrogens is 3. The summed E-state index contributed by atoms with van der Waals surface area (Å²) in [7, 11) is 1.64. The molecule has 8 heteroatoms. The molecule has 8 nitrogen and oxygen atoms in total. The van der Waals surface area contributed by atoms with E-state index in [1.165, 1.54) is 38.9 Å². The first-order valence-electron chi connectivity index (χ1n) is 12.7. The van der Waals surface area contributed by atoms with Crippen LogP contribution < -0.4 is 14.2 Å². The zero-order chi connectivity index (χ0) is 25.6. The molecule has 0 saturated carbocycles. The number of benzene rings is 1. The lowest BCUT2D eigenvalue weighted by Crippen LogP contribution is -2.29. The Morgan fingerprint density at radius 1 is 1.00 bits per heavy atom. The van der Waals surface area contributed by atoms with E-state index in [1.54, 1.807) is 38.0 Å². The van der Waals surface area contributed by atoms with Gasteiger partial charge in [-0.25, -0.2) is 9.97 Å². The fourth-order valence-electron chi connectivity index (χ4n) is 4.80. The zero-order valence-corrected chi connectivity index (χ0v) is 21.3. The van der Waals surface area contributed by atoms with Crippen LogP contribution in [0.15, 0.2) is 55.1 Å². The SMILES string of the molecule is CCN1CCCCC1.COc1cc(-c2ccc(C#N)cc2)c(-c2cnc3c(c2)OCCO3)n2cncc12. The first-order valence-corrected chi connectivity index (χ1v) is 12.7. The highest BCUT2D eigenvalue weighted by Crippen LogP contribution is 2.40. The standard InChI is InChI=1S/C22H16N4O3.C7H15N/c1-27-19-9-17(15-4-2-14(10-23)3-5-15)21(26-13-24-12-18(19)26)16-8-20-22(25-11-16)29-7-6-28-20;1-2-8-6-4-3-5-7-8/h2-5,8-9,11-13H,6-7H2,1H3;2-7H2,1H3. The summed E-state index contributed by atoms with van der Waals surface area (Å²) >= 11 is 0. The first kappa shape index (κ1) is 24.6. The van der Waals surface area contributed by atoms with E-state index >= 15 is 0 Å². The average molecular weight is 498 g/mol. The van der Waals surface area contributed by atoms with E-state index in [4.69, 9.17) is 19.5 Å². The molecule has 1 aromatic carbocycles. The second kappa shape index (κ2) is 11.3. The molecule has 6 rings (SSSR count). The number of hydrogen-bond acceptors (Lipinski definition) is 7. The summed E-state index contributed by atoms with van der Waals surface area (Å²) in [5, 5.41) is 9.12. The lowest BCUT2D eigenvalue weighted by Gasteiger charge is -2.24. The van der Waals surface area contributed by atoms with E-state index in [0.29, 0.717) is 36.2 Å². The number of nitrogens with zero attached hydrogens (tertiary/aromatic N) is 5. The molecule has 5 heterocycles. The number of piperidine rings is 1. The van der Waals surface area contributed by atoms with Crippen molar-refractivity contribution in [3.63, 3.8) is 0 Å². The minimum Gasteiger partial charge on any atom is -0.494 e. The van der Waals surface area contributed by atoms with Crippen molar-refractivity contribution in [3.05, 3.63) is 60.7 Å². The Hall–Kier alpha value is -4.09. The van der Waals surface area contributed by atoms with Gasteiger partial charge in [-0.1, -0.05) is 25.5 Å². The maximum absolute atomic E-state index is 9.12. The van der Waals surface area contributed by atoms with E-state index in [9.17, 15) is 0 Å². The molecule has 190 valence electrons. The van der Waals surface area contributed by atoms with Crippen molar-refractivity contribution in [2.45, 2.75) is 26.2 Å². The zero-order valence-electron chi connectivity index (χ0n) is 21.3. The summed E-state index contributed by atoms with van der Waals surface area (Å²) in [6.45, 7) is 7.16. The number of likely N-dealkylation sites (tertiary alicyclic amines) is 1. The van der Waals surface area contributed by atoms with E-state index in [1.807, 2.05) is 28.7 Å². The second-order valence-electron chi connectivity index (χ2n) is 9.03. The number of hydrogen-bond donors (Lipinski definition) is 0. The van der Waals surface area contributed by atoms with E-state index in [-0.39, 0.29) is 0 Å². The van der Waals surface area contributed by atoms with Crippen LogP contribution in [0.2, 0.25) is 0 Å². The van der Waals surface area contributed by atoms with E-state index in [2.05, 4.69) is 27.9 Å². The Bertz CT molecular complexity index is 1400. The summed E-state index contributed by atoms with van der Waals surface area (Å²) in [6.07, 6.45) is 9.58. The largest absolute Gasteiger partial charge is 0.494 e. The average Bonchev–Trinajstić information content (AvgIpc) is 3.47. The van der Waals surface area contributed by atoms with Crippen LogP contribution in [-0.4, -0.2) is 59.2 Å². The van der Waals surface area contributed by atoms with Crippen molar-refractivity contribution < 1.29 is 14.2 Å². The molecule has 2 aliphatic rings. The number of pyridine rings is 2. The highest BCUT2D eigenvalue weighted by Gasteiger charge is 2.20. The van der Waals surface area contributed by atoms with Crippen LogP contribution in [0.4, 0.5) is 0 Å². The van der Waals surface area contributed by atoms with Gasteiger partial charge in [0.2, 0.25) is 0 Å². The Kier molecular flexibility index (Phi) is 7.52. The van der Waals surface area contributed by atoms with Gasteiger partial charge in [-0.05, 0) is 62.3 Å². The number of ether oxygens (including phenoxy) is 3. The molecule has 0 bridgehead atoms. The van der Waals surface area contributed by atoms with Gasteiger partial charge in [-0.2, -0.15) is 5.26 Å². The number of imidazole rings is 1. The molecular weight excluding hydrogens is 466 g/mol. The van der Waals surface area contributed by atoms with Crippen LogP contribution in [0.25, 0.3) is 27.9 Å². The molecular formula is C29H31N5O3. The van der Waals surface area contributed by atoms with Crippen LogP contribution in [0.1, 0.15) is 31.7 Å². The Labute approximate surface area is 217 Å². The molecule has 0 unspecified atom stereocenters. The minimum absolute atomic E-state index is 0.490. The van der Waals surface area contributed by atoms with E-state index < -0.39 is 0 Å². The van der Waals surface area contributed by atoms with Gasteiger partial charge >= 0.3 is 0 Å². The van der Waals surface area contributed by atoms with Crippen LogP contribution in [0.5, 0.6) is 17.4 Å². The van der Waals surface area contributed by atoms with Crippen molar-refractivity contribution in [1.29, 1.82) is 5.26 Å². The topological polar surface area (TPSA) is 84.9 Å². The van der Waals surface area contributed by atoms with Crippen LogP contribution in [-0.2, 0) is 0 Å². The van der Waals surface area contributed by atoms with Gasteiger partial charge in [-0.3, -0.25) is 4.40 Å². The van der Waals surface area contributed by atoms with Gasteiger partial charge in [-0.15, -0.1) is 0 Å². The van der Waals surface area contributed by atoms with Crippen LogP contribution in [0, 0.1) is 11.3 Å². The van der Waals surface area contributed by atoms with Gasteiger partial charge in [0, 0.05) is 17.3 Å². The van der Waals surface area contributed by atoms with Crippen molar-refractivity contribution in [3.8, 4) is 45.8 Å². The number of methoxy groups -OCH3 is 1. The smallest absolute Gasteiger partial charge is 0.257 e. The molecule has 1 fully saturated rings. The van der Waals surface area contributed by atoms with Gasteiger partial charge in [0.15, 0.2) is 5.75 Å². The molecule has 0 atom stereocenters. The predicted octanol–water partition coefficient (Wildman–Crippen LogP) is 5.21. The van der Waals surface area contributed by atoms with Crippen molar-refractivity contribution in [2.75, 3.05) is 40.0 Å². The molecule has 0 spiro atoms. The van der Waals surface area contributed by atoms with E-state index in [0.717, 1.165) is 27.9 Å². The molecule has 4 aromatic rings. The third kappa shape index (κ3) is 5.23.